The summed E-state index contributed by atoms with van der Waals surface area (Å²) < 4.78 is 1.35. The summed E-state index contributed by atoms with van der Waals surface area (Å²) in [7, 11) is 0. The fraction of sp³-hybridized carbons (Fsp3) is 0.375. The number of fused-ring (bicyclic) bond motifs is 1. The molecule has 2 heterocycles. The first kappa shape index (κ1) is 19.4. The van der Waals surface area contributed by atoms with E-state index in [9.17, 15) is 9.59 Å². The number of nitrogens with zero attached hydrogens (tertiary/aromatic N) is 3. The third-order valence-corrected chi connectivity index (χ3v) is 5.76. The zero-order valence-electron chi connectivity index (χ0n) is 17.1. The maximum atomic E-state index is 13.1. The van der Waals surface area contributed by atoms with E-state index in [1.807, 2.05) is 43.0 Å². The topological polar surface area (TPSA) is 55.2 Å². The summed E-state index contributed by atoms with van der Waals surface area (Å²) in [6, 6.07) is 13.8. The van der Waals surface area contributed by atoms with Crippen LogP contribution in [-0.4, -0.2) is 33.7 Å². The van der Waals surface area contributed by atoms with Crippen molar-refractivity contribution in [2.24, 2.45) is 0 Å². The summed E-state index contributed by atoms with van der Waals surface area (Å²) in [4.78, 5) is 27.9. The number of carbonyl (C=O) groups is 1. The third kappa shape index (κ3) is 3.95. The lowest BCUT2D eigenvalue weighted by molar-refractivity contribution is -0.132. The van der Waals surface area contributed by atoms with Gasteiger partial charge in [-0.15, -0.1) is 0 Å². The van der Waals surface area contributed by atoms with Gasteiger partial charge in [0, 0.05) is 24.0 Å². The molecule has 2 aromatic carbocycles. The molecule has 0 N–H and O–H groups in total. The van der Waals surface area contributed by atoms with Crippen molar-refractivity contribution in [2.45, 2.75) is 46.1 Å². The molecule has 1 amide bonds. The van der Waals surface area contributed by atoms with Crippen LogP contribution in [0, 0.1) is 13.8 Å². The van der Waals surface area contributed by atoms with E-state index in [0.29, 0.717) is 5.39 Å². The van der Waals surface area contributed by atoms with Gasteiger partial charge in [-0.1, -0.05) is 48.7 Å². The molecule has 1 fully saturated rings. The molecule has 0 unspecified atom stereocenters. The number of hydrogen-bond donors (Lipinski definition) is 0. The van der Waals surface area contributed by atoms with E-state index in [0.717, 1.165) is 66.5 Å². The number of benzene rings is 2. The van der Waals surface area contributed by atoms with Gasteiger partial charge in [-0.25, -0.2) is 4.68 Å². The number of hydrogen-bond acceptors (Lipinski definition) is 3. The van der Waals surface area contributed by atoms with E-state index in [1.165, 1.54) is 4.68 Å². The predicted molar refractivity (Wildman–Crippen MR) is 116 cm³/mol. The van der Waals surface area contributed by atoms with Gasteiger partial charge < -0.3 is 4.90 Å². The summed E-state index contributed by atoms with van der Waals surface area (Å²) in [5.74, 6) is -0.0244. The molecule has 3 aromatic rings. The minimum Gasteiger partial charge on any atom is -0.341 e. The molecular weight excluding hydrogens is 362 g/mol. The Labute approximate surface area is 171 Å². The summed E-state index contributed by atoms with van der Waals surface area (Å²) in [5.41, 5.74) is 3.77. The molecule has 5 heteroatoms. The second kappa shape index (κ2) is 8.19. The number of carbonyl (C=O) groups excluding carboxylic acids is 1. The van der Waals surface area contributed by atoms with Crippen molar-refractivity contribution >= 4 is 16.7 Å². The van der Waals surface area contributed by atoms with Crippen LogP contribution >= 0.6 is 0 Å². The number of aryl methyl sites for hydroxylation is 2. The molecule has 0 radical (unpaired) electrons. The molecule has 1 aliphatic heterocycles. The second-order valence-corrected chi connectivity index (χ2v) is 7.97. The first-order chi connectivity index (χ1) is 14.0. The van der Waals surface area contributed by atoms with E-state index >= 15 is 0 Å². The zero-order valence-corrected chi connectivity index (χ0v) is 17.1. The number of aromatic nitrogens is 2. The molecule has 0 bridgehead atoms. The number of rotatable bonds is 3. The molecule has 1 aliphatic rings. The quantitative estimate of drug-likeness (QED) is 0.678. The van der Waals surface area contributed by atoms with Gasteiger partial charge in [0.1, 0.15) is 6.54 Å². The molecule has 0 aliphatic carbocycles. The van der Waals surface area contributed by atoms with E-state index < -0.39 is 0 Å². The SMILES string of the molecule is Cc1ccc(C)c(-c2nn(CC(=O)N3CCCCCC3)c(=O)c3ccccc23)c1. The molecule has 1 saturated heterocycles. The van der Waals surface area contributed by atoms with Crippen LogP contribution in [0.5, 0.6) is 0 Å². The largest absolute Gasteiger partial charge is 0.341 e. The molecule has 0 spiro atoms. The van der Waals surface area contributed by atoms with Crippen LogP contribution in [0.15, 0.2) is 47.3 Å². The highest BCUT2D eigenvalue weighted by Crippen LogP contribution is 2.28. The Kier molecular flexibility index (Phi) is 5.47. The highest BCUT2D eigenvalue weighted by molar-refractivity contribution is 5.94. The van der Waals surface area contributed by atoms with Gasteiger partial charge in [-0.2, -0.15) is 5.10 Å². The summed E-state index contributed by atoms with van der Waals surface area (Å²) in [6.45, 7) is 5.62. The Morgan fingerprint density at radius 3 is 2.38 bits per heavy atom. The average molecular weight is 389 g/mol. The van der Waals surface area contributed by atoms with Crippen LogP contribution in [0.2, 0.25) is 0 Å². The maximum Gasteiger partial charge on any atom is 0.275 e. The smallest absolute Gasteiger partial charge is 0.275 e. The zero-order chi connectivity index (χ0) is 20.4. The van der Waals surface area contributed by atoms with Crippen molar-refractivity contribution in [3.8, 4) is 11.3 Å². The van der Waals surface area contributed by atoms with Gasteiger partial charge in [0.15, 0.2) is 0 Å². The third-order valence-electron chi connectivity index (χ3n) is 5.76. The monoisotopic (exact) mass is 389 g/mol. The van der Waals surface area contributed by atoms with Gasteiger partial charge in [-0.05, 0) is 44.4 Å². The number of amides is 1. The lowest BCUT2D eigenvalue weighted by Crippen LogP contribution is -2.38. The molecule has 0 atom stereocenters. The molecule has 150 valence electrons. The van der Waals surface area contributed by atoms with E-state index in [-0.39, 0.29) is 18.0 Å². The van der Waals surface area contributed by atoms with Crippen molar-refractivity contribution in [1.29, 1.82) is 0 Å². The Hall–Kier alpha value is -2.95. The maximum absolute atomic E-state index is 13.1. The van der Waals surface area contributed by atoms with Crippen LogP contribution in [0.1, 0.15) is 36.8 Å². The van der Waals surface area contributed by atoms with Crippen molar-refractivity contribution in [2.75, 3.05) is 13.1 Å². The van der Waals surface area contributed by atoms with Crippen LogP contribution < -0.4 is 5.56 Å². The summed E-state index contributed by atoms with van der Waals surface area (Å²) in [6.07, 6.45) is 4.38. The molecule has 29 heavy (non-hydrogen) atoms. The van der Waals surface area contributed by atoms with Gasteiger partial charge in [0.2, 0.25) is 5.91 Å². The molecule has 0 saturated carbocycles. The lowest BCUT2D eigenvalue weighted by atomic mass is 9.99. The highest BCUT2D eigenvalue weighted by atomic mass is 16.2. The van der Waals surface area contributed by atoms with Gasteiger partial charge >= 0.3 is 0 Å². The van der Waals surface area contributed by atoms with Crippen LogP contribution in [0.25, 0.3) is 22.0 Å². The predicted octanol–water partition coefficient (Wildman–Crippen LogP) is 4.08. The molecular formula is C24H27N3O2. The Bertz CT molecular complexity index is 1110. The Balaban J connectivity index is 1.81. The average Bonchev–Trinajstić information content (AvgIpc) is 3.02. The van der Waals surface area contributed by atoms with Gasteiger partial charge in [0.05, 0.1) is 11.1 Å². The fourth-order valence-electron chi connectivity index (χ4n) is 4.08. The van der Waals surface area contributed by atoms with Gasteiger partial charge in [-0.3, -0.25) is 9.59 Å². The Morgan fingerprint density at radius 2 is 1.66 bits per heavy atom. The van der Waals surface area contributed by atoms with Crippen molar-refractivity contribution in [3.63, 3.8) is 0 Å². The molecule has 5 nitrogen and oxygen atoms in total. The van der Waals surface area contributed by atoms with Crippen molar-refractivity contribution < 1.29 is 4.79 Å². The first-order valence-electron chi connectivity index (χ1n) is 10.4. The molecule has 1 aromatic heterocycles. The normalized spacial score (nSPS) is 14.8. The lowest BCUT2D eigenvalue weighted by Gasteiger charge is -2.21. The summed E-state index contributed by atoms with van der Waals surface area (Å²) in [5, 5.41) is 6.11. The highest BCUT2D eigenvalue weighted by Gasteiger charge is 2.19. The Morgan fingerprint density at radius 1 is 0.966 bits per heavy atom. The second-order valence-electron chi connectivity index (χ2n) is 7.97. The van der Waals surface area contributed by atoms with Crippen LogP contribution in [0.3, 0.4) is 0 Å². The van der Waals surface area contributed by atoms with Crippen LogP contribution in [-0.2, 0) is 11.3 Å². The molecule has 4 rings (SSSR count). The van der Waals surface area contributed by atoms with E-state index in [2.05, 4.69) is 23.3 Å². The summed E-state index contributed by atoms with van der Waals surface area (Å²) >= 11 is 0. The fourth-order valence-corrected chi connectivity index (χ4v) is 4.08. The number of likely N-dealkylation sites (tertiary alicyclic amines) is 1. The van der Waals surface area contributed by atoms with E-state index in [4.69, 9.17) is 0 Å². The minimum absolute atomic E-state index is 0.0124. The van der Waals surface area contributed by atoms with Crippen molar-refractivity contribution in [3.05, 3.63) is 63.9 Å². The van der Waals surface area contributed by atoms with Crippen LogP contribution in [0.4, 0.5) is 0 Å². The first-order valence-corrected chi connectivity index (χ1v) is 10.4. The minimum atomic E-state index is -0.210. The van der Waals surface area contributed by atoms with Crippen molar-refractivity contribution in [1.82, 2.24) is 14.7 Å². The van der Waals surface area contributed by atoms with E-state index in [1.54, 1.807) is 0 Å². The standard InChI is InChI=1S/C24H27N3O2/c1-17-11-12-18(2)21(15-17)23-19-9-5-6-10-20(19)24(29)27(25-23)16-22(28)26-13-7-3-4-8-14-26/h5-6,9-12,15H,3-4,7-8,13-14,16H2,1-2H3. The van der Waals surface area contributed by atoms with Gasteiger partial charge in [0.25, 0.3) is 5.56 Å².